The number of nitrogens with one attached hydrogen (secondary N) is 1. The molecule has 1 N–H and O–H groups in total. The van der Waals surface area contributed by atoms with E-state index < -0.39 is 18.0 Å². The second-order valence-corrected chi connectivity index (χ2v) is 9.19. The molecule has 0 radical (unpaired) electrons. The Morgan fingerprint density at radius 1 is 1.03 bits per heavy atom. The van der Waals surface area contributed by atoms with Gasteiger partial charge in [0.2, 0.25) is 5.91 Å². The van der Waals surface area contributed by atoms with Gasteiger partial charge in [0.15, 0.2) is 0 Å². The number of piperidine rings is 1. The summed E-state index contributed by atoms with van der Waals surface area (Å²) in [5, 5.41) is 3.22. The van der Waals surface area contributed by atoms with Crippen LogP contribution in [-0.2, 0) is 22.7 Å². The average molecular weight is 455 g/mol. The molecule has 4 heterocycles. The quantitative estimate of drug-likeness (QED) is 0.715. The fraction of sp³-hybridized carbons (Fsp3) is 0.391. The lowest BCUT2D eigenvalue weighted by Crippen LogP contribution is -2.50. The SMILES string of the molecule is O=C(C[C@@H]1NC(=O)N(Cc2ccc(Cl)cc2)C1=O)N1C[C@H]2C[C@@H](C1)c1cccc(=O)n1C2. The molecule has 2 saturated heterocycles. The zero-order chi connectivity index (χ0) is 22.4. The van der Waals surface area contributed by atoms with Gasteiger partial charge in [-0.15, -0.1) is 0 Å². The van der Waals surface area contributed by atoms with E-state index in [4.69, 9.17) is 11.6 Å². The number of aromatic nitrogens is 1. The van der Waals surface area contributed by atoms with E-state index in [9.17, 15) is 19.2 Å². The number of benzene rings is 1. The number of urea groups is 1. The van der Waals surface area contributed by atoms with Crippen LogP contribution in [0, 0.1) is 5.92 Å². The molecule has 4 amide bonds. The Labute approximate surface area is 189 Å². The predicted octanol–water partition coefficient (Wildman–Crippen LogP) is 1.96. The molecule has 0 spiro atoms. The summed E-state index contributed by atoms with van der Waals surface area (Å²) < 4.78 is 1.82. The summed E-state index contributed by atoms with van der Waals surface area (Å²) in [6, 6.07) is 10.9. The number of fused-ring (bicyclic) bond motifs is 4. The number of carbonyl (C=O) groups is 3. The number of halogens is 1. The first-order valence-electron chi connectivity index (χ1n) is 10.7. The Morgan fingerprint density at radius 3 is 2.59 bits per heavy atom. The lowest BCUT2D eigenvalue weighted by atomic mass is 9.83. The molecule has 8 nitrogen and oxygen atoms in total. The molecule has 0 aliphatic carbocycles. The van der Waals surface area contributed by atoms with Gasteiger partial charge >= 0.3 is 6.03 Å². The van der Waals surface area contributed by atoms with E-state index in [-0.39, 0.29) is 36.3 Å². The number of carbonyl (C=O) groups excluding carboxylic acids is 3. The van der Waals surface area contributed by atoms with Crippen molar-refractivity contribution in [2.24, 2.45) is 5.92 Å². The van der Waals surface area contributed by atoms with Crippen molar-refractivity contribution >= 4 is 29.4 Å². The Kier molecular flexibility index (Phi) is 5.25. The van der Waals surface area contributed by atoms with E-state index >= 15 is 0 Å². The molecule has 1 aromatic heterocycles. The van der Waals surface area contributed by atoms with Crippen LogP contribution in [0.15, 0.2) is 47.3 Å². The molecule has 9 heteroatoms. The van der Waals surface area contributed by atoms with Crippen LogP contribution < -0.4 is 10.9 Å². The molecule has 2 bridgehead atoms. The molecule has 2 fully saturated rings. The second-order valence-electron chi connectivity index (χ2n) is 8.75. The van der Waals surface area contributed by atoms with Crippen molar-refractivity contribution < 1.29 is 14.4 Å². The Bertz CT molecular complexity index is 1150. The lowest BCUT2D eigenvalue weighted by molar-refractivity contribution is -0.137. The Hall–Kier alpha value is -3.13. The lowest BCUT2D eigenvalue weighted by Gasteiger charge is -2.43. The highest BCUT2D eigenvalue weighted by atomic mass is 35.5. The minimum Gasteiger partial charge on any atom is -0.342 e. The molecule has 32 heavy (non-hydrogen) atoms. The van der Waals surface area contributed by atoms with E-state index in [2.05, 4.69) is 5.32 Å². The molecule has 0 unspecified atom stereocenters. The van der Waals surface area contributed by atoms with Gasteiger partial charge in [-0.25, -0.2) is 4.79 Å². The minimum atomic E-state index is -0.862. The monoisotopic (exact) mass is 454 g/mol. The van der Waals surface area contributed by atoms with Crippen molar-refractivity contribution in [1.82, 2.24) is 19.7 Å². The third-order valence-corrected chi connectivity index (χ3v) is 6.82. The largest absolute Gasteiger partial charge is 0.342 e. The number of pyridine rings is 1. The molecule has 3 atom stereocenters. The van der Waals surface area contributed by atoms with Crippen molar-refractivity contribution in [3.63, 3.8) is 0 Å². The maximum absolute atomic E-state index is 13.0. The molecule has 5 rings (SSSR count). The van der Waals surface area contributed by atoms with Crippen molar-refractivity contribution in [3.8, 4) is 0 Å². The van der Waals surface area contributed by atoms with Crippen LogP contribution in [0.1, 0.15) is 30.0 Å². The van der Waals surface area contributed by atoms with Gasteiger partial charge in [0.05, 0.1) is 13.0 Å². The molecule has 0 saturated carbocycles. The van der Waals surface area contributed by atoms with E-state index in [1.54, 1.807) is 41.3 Å². The molecule has 3 aliphatic rings. The summed E-state index contributed by atoms with van der Waals surface area (Å²) in [5.74, 6) is -0.234. The molecule has 3 aliphatic heterocycles. The summed E-state index contributed by atoms with van der Waals surface area (Å²) in [6.45, 7) is 1.80. The van der Waals surface area contributed by atoms with E-state index in [0.717, 1.165) is 22.6 Å². The number of hydrogen-bond donors (Lipinski definition) is 1. The van der Waals surface area contributed by atoms with Gasteiger partial charge in [-0.1, -0.05) is 29.8 Å². The molecule has 2 aromatic rings. The summed E-state index contributed by atoms with van der Waals surface area (Å²) in [6.07, 6.45) is 0.879. The van der Waals surface area contributed by atoms with Gasteiger partial charge in [0, 0.05) is 42.3 Å². The highest BCUT2D eigenvalue weighted by molar-refractivity contribution is 6.30. The van der Waals surface area contributed by atoms with E-state index in [1.165, 1.54) is 0 Å². The zero-order valence-electron chi connectivity index (χ0n) is 17.4. The van der Waals surface area contributed by atoms with Crippen molar-refractivity contribution in [2.45, 2.75) is 37.9 Å². The topological polar surface area (TPSA) is 91.7 Å². The third-order valence-electron chi connectivity index (χ3n) is 6.57. The number of nitrogens with zero attached hydrogens (tertiary/aromatic N) is 3. The summed E-state index contributed by atoms with van der Waals surface area (Å²) >= 11 is 5.89. The summed E-state index contributed by atoms with van der Waals surface area (Å²) in [5.41, 5.74) is 1.74. The van der Waals surface area contributed by atoms with Crippen LogP contribution >= 0.6 is 11.6 Å². The zero-order valence-corrected chi connectivity index (χ0v) is 18.1. The summed E-state index contributed by atoms with van der Waals surface area (Å²) in [4.78, 5) is 53.3. The Balaban J connectivity index is 1.25. The third kappa shape index (κ3) is 3.79. The normalized spacial score (nSPS) is 24.3. The second kappa shape index (κ2) is 8.09. The first-order chi connectivity index (χ1) is 15.4. The first kappa shape index (κ1) is 20.8. The maximum Gasteiger partial charge on any atom is 0.325 e. The van der Waals surface area contributed by atoms with Crippen LogP contribution in [-0.4, -0.2) is 51.3 Å². The van der Waals surface area contributed by atoms with Crippen LogP contribution in [0.5, 0.6) is 0 Å². The number of rotatable bonds is 4. The predicted molar refractivity (Wildman–Crippen MR) is 117 cm³/mol. The number of likely N-dealkylation sites (tertiary alicyclic amines) is 1. The molecular weight excluding hydrogens is 432 g/mol. The number of amides is 4. The average Bonchev–Trinajstić information content (AvgIpc) is 3.03. The van der Waals surface area contributed by atoms with Crippen LogP contribution in [0.25, 0.3) is 0 Å². The first-order valence-corrected chi connectivity index (χ1v) is 11.1. The van der Waals surface area contributed by atoms with Crippen LogP contribution in [0.2, 0.25) is 5.02 Å². The number of imide groups is 1. The fourth-order valence-corrected chi connectivity index (χ4v) is 5.17. The van der Waals surface area contributed by atoms with Crippen LogP contribution in [0.3, 0.4) is 0 Å². The highest BCUT2D eigenvalue weighted by Crippen LogP contribution is 2.35. The highest BCUT2D eigenvalue weighted by Gasteiger charge is 2.41. The van der Waals surface area contributed by atoms with Gasteiger partial charge in [-0.3, -0.25) is 19.3 Å². The molecular formula is C23H23ClN4O4. The van der Waals surface area contributed by atoms with E-state index in [0.29, 0.717) is 24.7 Å². The fourth-order valence-electron chi connectivity index (χ4n) is 5.04. The Morgan fingerprint density at radius 2 is 1.81 bits per heavy atom. The van der Waals surface area contributed by atoms with Gasteiger partial charge < -0.3 is 14.8 Å². The van der Waals surface area contributed by atoms with Crippen molar-refractivity contribution in [1.29, 1.82) is 0 Å². The van der Waals surface area contributed by atoms with Gasteiger partial charge in [0.25, 0.3) is 11.5 Å². The van der Waals surface area contributed by atoms with Gasteiger partial charge in [-0.2, -0.15) is 0 Å². The minimum absolute atomic E-state index is 0.00276. The van der Waals surface area contributed by atoms with Crippen LogP contribution in [0.4, 0.5) is 4.79 Å². The standard InChI is InChI=1S/C23H23ClN4O4/c24-17-6-4-14(5-7-17)11-28-22(31)18(25-23(28)32)9-21(30)26-10-15-8-16(13-26)19-2-1-3-20(29)27(19)12-15/h1-7,15-16,18H,8-13H2,(H,25,32)/t15-,16+,18+/m1/s1. The number of hydrogen-bond acceptors (Lipinski definition) is 4. The van der Waals surface area contributed by atoms with Gasteiger partial charge in [-0.05, 0) is 36.1 Å². The molecule has 166 valence electrons. The molecule has 1 aromatic carbocycles. The van der Waals surface area contributed by atoms with Crippen molar-refractivity contribution in [3.05, 3.63) is 69.1 Å². The maximum atomic E-state index is 13.0. The smallest absolute Gasteiger partial charge is 0.325 e. The summed E-state index contributed by atoms with van der Waals surface area (Å²) in [7, 11) is 0. The van der Waals surface area contributed by atoms with Crippen molar-refractivity contribution in [2.75, 3.05) is 13.1 Å². The van der Waals surface area contributed by atoms with E-state index in [1.807, 2.05) is 10.6 Å². The van der Waals surface area contributed by atoms with Gasteiger partial charge in [0.1, 0.15) is 6.04 Å².